The van der Waals surface area contributed by atoms with Gasteiger partial charge in [0.25, 0.3) is 12.3 Å². The summed E-state index contributed by atoms with van der Waals surface area (Å²) in [5.41, 5.74) is 0.459. The molecule has 0 fully saturated rings. The van der Waals surface area contributed by atoms with Gasteiger partial charge in [0.2, 0.25) is 5.91 Å². The molecule has 0 radical (unpaired) electrons. The van der Waals surface area contributed by atoms with Crippen molar-refractivity contribution in [2.45, 2.75) is 19.4 Å². The number of rotatable bonds is 2. The molecule has 0 saturated heterocycles. The summed E-state index contributed by atoms with van der Waals surface area (Å²) in [6.45, 7) is 0.764. The number of halogens is 2. The van der Waals surface area contributed by atoms with E-state index in [-0.39, 0.29) is 11.3 Å². The normalized spacial score (nSPS) is 19.6. The lowest BCUT2D eigenvalue weighted by Gasteiger charge is -2.23. The molecule has 96 valence electrons. The number of carbonyl (C=O) groups is 2. The molecule has 4 nitrogen and oxygen atoms in total. The fourth-order valence-corrected chi connectivity index (χ4v) is 1.92. The predicted octanol–water partition coefficient (Wildman–Crippen LogP) is 1.42. The van der Waals surface area contributed by atoms with Crippen LogP contribution in [0.1, 0.15) is 17.3 Å². The number of para-hydroxylation sites is 1. The second-order valence-electron chi connectivity index (χ2n) is 4.05. The van der Waals surface area contributed by atoms with Crippen molar-refractivity contribution < 1.29 is 18.4 Å². The van der Waals surface area contributed by atoms with Gasteiger partial charge in [0.1, 0.15) is 6.04 Å². The number of amides is 2. The first kappa shape index (κ1) is 12.5. The number of benzene rings is 1. The molecule has 0 bridgehead atoms. The summed E-state index contributed by atoms with van der Waals surface area (Å²) in [7, 11) is 0. The van der Waals surface area contributed by atoms with E-state index in [1.165, 1.54) is 19.1 Å². The summed E-state index contributed by atoms with van der Waals surface area (Å²) in [5.74, 6) is -0.961. The van der Waals surface area contributed by atoms with Crippen molar-refractivity contribution in [3.63, 3.8) is 0 Å². The Morgan fingerprint density at radius 3 is 2.67 bits per heavy atom. The zero-order valence-electron chi connectivity index (χ0n) is 9.69. The average molecular weight is 254 g/mol. The van der Waals surface area contributed by atoms with Crippen molar-refractivity contribution in [1.29, 1.82) is 0 Å². The Morgan fingerprint density at radius 2 is 2.00 bits per heavy atom. The second kappa shape index (κ2) is 4.72. The van der Waals surface area contributed by atoms with Gasteiger partial charge in [-0.2, -0.15) is 0 Å². The molecule has 0 spiro atoms. The highest BCUT2D eigenvalue weighted by atomic mass is 19.3. The Kier molecular flexibility index (Phi) is 3.27. The summed E-state index contributed by atoms with van der Waals surface area (Å²) in [6, 6.07) is 5.42. The second-order valence-corrected chi connectivity index (χ2v) is 4.05. The van der Waals surface area contributed by atoms with Crippen LogP contribution in [0.3, 0.4) is 0 Å². The van der Waals surface area contributed by atoms with Crippen LogP contribution in [-0.4, -0.2) is 30.8 Å². The number of anilines is 1. The third kappa shape index (κ3) is 2.18. The number of hydrogen-bond donors (Lipinski definition) is 1. The average Bonchev–Trinajstić information content (AvgIpc) is 2.41. The van der Waals surface area contributed by atoms with Crippen LogP contribution in [0.25, 0.3) is 0 Å². The van der Waals surface area contributed by atoms with Crippen molar-refractivity contribution in [1.82, 2.24) is 5.32 Å². The third-order valence-corrected chi connectivity index (χ3v) is 2.74. The molecule has 0 aromatic heterocycles. The van der Waals surface area contributed by atoms with Crippen LogP contribution in [0.5, 0.6) is 0 Å². The van der Waals surface area contributed by atoms with Gasteiger partial charge in [0.05, 0.1) is 17.8 Å². The lowest BCUT2D eigenvalue weighted by atomic mass is 10.1. The van der Waals surface area contributed by atoms with Crippen molar-refractivity contribution in [2.75, 3.05) is 11.4 Å². The summed E-state index contributed by atoms with van der Waals surface area (Å²) in [4.78, 5) is 24.7. The minimum atomic E-state index is -2.65. The van der Waals surface area contributed by atoms with Crippen molar-refractivity contribution in [3.05, 3.63) is 29.8 Å². The van der Waals surface area contributed by atoms with E-state index >= 15 is 0 Å². The summed E-state index contributed by atoms with van der Waals surface area (Å²) >= 11 is 0. The first-order valence-corrected chi connectivity index (χ1v) is 5.50. The smallest absolute Gasteiger partial charge is 0.256 e. The maximum absolute atomic E-state index is 12.5. The molecule has 1 unspecified atom stereocenters. The summed E-state index contributed by atoms with van der Waals surface area (Å²) in [6.07, 6.45) is -2.65. The first-order chi connectivity index (χ1) is 8.50. The molecule has 18 heavy (non-hydrogen) atoms. The number of alkyl halides is 2. The molecule has 6 heteroatoms. The number of fused-ring (bicyclic) bond motifs is 1. The van der Waals surface area contributed by atoms with E-state index in [1.54, 1.807) is 12.1 Å². The molecular weight excluding hydrogens is 242 g/mol. The largest absolute Gasteiger partial charge is 0.340 e. The number of nitrogens with one attached hydrogen (secondary N) is 1. The monoisotopic (exact) mass is 254 g/mol. The highest BCUT2D eigenvalue weighted by molar-refractivity contribution is 6.10. The molecular formula is C12H12F2N2O2. The fourth-order valence-electron chi connectivity index (χ4n) is 1.92. The minimum absolute atomic E-state index is 0.227. The number of carbonyl (C=O) groups excluding carboxylic acids is 2. The van der Waals surface area contributed by atoms with Gasteiger partial charge in [-0.3, -0.25) is 9.59 Å². The Bertz CT molecular complexity index is 491. The Hall–Kier alpha value is -1.98. The zero-order valence-corrected chi connectivity index (χ0v) is 9.69. The van der Waals surface area contributed by atoms with E-state index in [2.05, 4.69) is 5.32 Å². The molecule has 2 rings (SSSR count). The maximum Gasteiger partial charge on any atom is 0.256 e. The van der Waals surface area contributed by atoms with E-state index in [4.69, 9.17) is 0 Å². The van der Waals surface area contributed by atoms with E-state index in [9.17, 15) is 18.4 Å². The van der Waals surface area contributed by atoms with Crippen LogP contribution in [-0.2, 0) is 4.79 Å². The molecule has 1 aromatic carbocycles. The Balaban J connectivity index is 2.50. The fraction of sp³-hybridized carbons (Fsp3) is 0.333. The van der Waals surface area contributed by atoms with Crippen molar-refractivity contribution in [3.8, 4) is 0 Å². The van der Waals surface area contributed by atoms with Gasteiger partial charge in [-0.05, 0) is 19.1 Å². The van der Waals surface area contributed by atoms with Gasteiger partial charge >= 0.3 is 0 Å². The molecule has 1 atom stereocenters. The van der Waals surface area contributed by atoms with Crippen molar-refractivity contribution >= 4 is 17.5 Å². The molecule has 1 N–H and O–H groups in total. The van der Waals surface area contributed by atoms with Gasteiger partial charge in [-0.25, -0.2) is 8.78 Å². The van der Waals surface area contributed by atoms with Crippen LogP contribution in [0.2, 0.25) is 0 Å². The molecule has 0 aliphatic carbocycles. The lowest BCUT2D eigenvalue weighted by Crippen LogP contribution is -2.45. The molecule has 1 aliphatic heterocycles. The quantitative estimate of drug-likeness (QED) is 0.867. The van der Waals surface area contributed by atoms with Crippen molar-refractivity contribution in [2.24, 2.45) is 0 Å². The maximum atomic E-state index is 12.5. The minimum Gasteiger partial charge on any atom is -0.340 e. The SMILES string of the molecule is CC1NC(=O)c2ccccc2N(CC(F)F)C1=O. The lowest BCUT2D eigenvalue weighted by molar-refractivity contribution is -0.120. The van der Waals surface area contributed by atoms with Gasteiger partial charge in [0, 0.05) is 0 Å². The van der Waals surface area contributed by atoms with E-state index < -0.39 is 30.8 Å². The van der Waals surface area contributed by atoms with E-state index in [1.807, 2.05) is 0 Å². The molecule has 1 heterocycles. The van der Waals surface area contributed by atoms with E-state index in [0.29, 0.717) is 0 Å². The van der Waals surface area contributed by atoms with Crippen LogP contribution in [0.4, 0.5) is 14.5 Å². The molecule has 0 saturated carbocycles. The number of hydrogen-bond acceptors (Lipinski definition) is 2. The van der Waals surface area contributed by atoms with Crippen LogP contribution in [0.15, 0.2) is 24.3 Å². The number of nitrogens with zero attached hydrogens (tertiary/aromatic N) is 1. The highest BCUT2D eigenvalue weighted by Gasteiger charge is 2.32. The molecule has 1 aliphatic rings. The standard InChI is InChI=1S/C12H12F2N2O2/c1-7-12(18)16(6-10(13)14)9-5-3-2-4-8(9)11(17)15-7/h2-5,7,10H,6H2,1H3,(H,15,17). The van der Waals surface area contributed by atoms with Gasteiger partial charge < -0.3 is 10.2 Å². The molecule has 2 amide bonds. The summed E-state index contributed by atoms with van der Waals surface area (Å²) in [5, 5.41) is 2.48. The van der Waals surface area contributed by atoms with Gasteiger partial charge in [-0.15, -0.1) is 0 Å². The summed E-state index contributed by atoms with van der Waals surface area (Å²) < 4.78 is 25.1. The zero-order chi connectivity index (χ0) is 13.3. The highest BCUT2D eigenvalue weighted by Crippen LogP contribution is 2.24. The first-order valence-electron chi connectivity index (χ1n) is 5.50. The Morgan fingerprint density at radius 1 is 1.33 bits per heavy atom. The molecule has 1 aromatic rings. The van der Waals surface area contributed by atoms with Crippen LogP contribution < -0.4 is 10.2 Å². The van der Waals surface area contributed by atoms with E-state index in [0.717, 1.165) is 4.90 Å². The third-order valence-electron chi connectivity index (χ3n) is 2.74. The predicted molar refractivity (Wildman–Crippen MR) is 61.7 cm³/mol. The van der Waals surface area contributed by atoms with Gasteiger partial charge in [0.15, 0.2) is 0 Å². The van der Waals surface area contributed by atoms with Crippen LogP contribution in [0, 0.1) is 0 Å². The topological polar surface area (TPSA) is 49.4 Å². The van der Waals surface area contributed by atoms with Gasteiger partial charge in [-0.1, -0.05) is 12.1 Å². The van der Waals surface area contributed by atoms with Crippen LogP contribution >= 0.6 is 0 Å². The Labute approximate surface area is 103 Å².